The Labute approximate surface area is 174 Å². The first-order chi connectivity index (χ1) is 14.2. The molecule has 30 heavy (non-hydrogen) atoms. The Hall–Kier alpha value is -3.81. The van der Waals surface area contributed by atoms with Gasteiger partial charge in [0.25, 0.3) is 0 Å². The van der Waals surface area contributed by atoms with Gasteiger partial charge in [-0.05, 0) is 32.4 Å². The first-order valence-corrected chi connectivity index (χ1v) is 9.28. The van der Waals surface area contributed by atoms with Crippen LogP contribution in [0.1, 0.15) is 36.7 Å². The highest BCUT2D eigenvalue weighted by atomic mass is 16.6. The molecule has 0 fully saturated rings. The van der Waals surface area contributed by atoms with Crippen LogP contribution in [0.25, 0.3) is 11.3 Å². The van der Waals surface area contributed by atoms with Crippen LogP contribution in [-0.4, -0.2) is 37.7 Å². The lowest BCUT2D eigenvalue weighted by Gasteiger charge is -2.27. The maximum absolute atomic E-state index is 12.9. The molecule has 1 N–H and O–H groups in total. The molecular weight excluding hydrogens is 384 g/mol. The number of hydrogen-bond acceptors (Lipinski definition) is 6. The van der Waals surface area contributed by atoms with Gasteiger partial charge in [0.15, 0.2) is 5.82 Å². The maximum atomic E-state index is 12.9. The van der Waals surface area contributed by atoms with Crippen molar-refractivity contribution in [2.45, 2.75) is 32.9 Å². The number of ether oxygens (including phenoxy) is 1. The van der Waals surface area contributed by atoms with Gasteiger partial charge in [0, 0.05) is 18.0 Å². The third-order valence-corrected chi connectivity index (χ3v) is 3.98. The second kappa shape index (κ2) is 8.69. The first kappa shape index (κ1) is 20.9. The average Bonchev–Trinajstić information content (AvgIpc) is 2.71. The fraction of sp³-hybridized carbons (Fsp3) is 0.227. The third kappa shape index (κ3) is 5.38. The minimum Gasteiger partial charge on any atom is -0.478 e. The van der Waals surface area contributed by atoms with Gasteiger partial charge in [0.05, 0.1) is 30.2 Å². The lowest BCUT2D eigenvalue weighted by atomic mass is 10.1. The monoisotopic (exact) mass is 406 g/mol. The molecule has 0 saturated heterocycles. The first-order valence-electron chi connectivity index (χ1n) is 9.28. The van der Waals surface area contributed by atoms with Crippen LogP contribution in [-0.2, 0) is 11.3 Å². The molecule has 1 aromatic carbocycles. The largest absolute Gasteiger partial charge is 0.478 e. The number of benzene rings is 1. The average molecular weight is 406 g/mol. The Morgan fingerprint density at radius 2 is 1.73 bits per heavy atom. The smallest absolute Gasteiger partial charge is 0.416 e. The Morgan fingerprint density at radius 1 is 1.03 bits per heavy atom. The van der Waals surface area contributed by atoms with Gasteiger partial charge in [-0.15, -0.1) is 0 Å². The van der Waals surface area contributed by atoms with E-state index >= 15 is 0 Å². The number of carbonyl (C=O) groups is 2. The predicted octanol–water partition coefficient (Wildman–Crippen LogP) is 4.18. The van der Waals surface area contributed by atoms with Crippen molar-refractivity contribution in [3.8, 4) is 11.3 Å². The van der Waals surface area contributed by atoms with Gasteiger partial charge in [-0.25, -0.2) is 14.6 Å². The van der Waals surface area contributed by atoms with Gasteiger partial charge in [-0.1, -0.05) is 30.3 Å². The van der Waals surface area contributed by atoms with E-state index in [0.717, 1.165) is 5.56 Å². The van der Waals surface area contributed by atoms with Crippen LogP contribution in [0.5, 0.6) is 0 Å². The Bertz CT molecular complexity index is 1050. The summed E-state index contributed by atoms with van der Waals surface area (Å²) in [4.78, 5) is 38.2. The van der Waals surface area contributed by atoms with Crippen LogP contribution >= 0.6 is 0 Å². The van der Waals surface area contributed by atoms with Gasteiger partial charge in [-0.3, -0.25) is 14.9 Å². The normalized spacial score (nSPS) is 11.0. The number of nitrogens with zero attached hydrogens (tertiary/aromatic N) is 4. The van der Waals surface area contributed by atoms with E-state index in [1.807, 2.05) is 30.3 Å². The zero-order chi connectivity index (χ0) is 21.7. The van der Waals surface area contributed by atoms with Crippen LogP contribution in [0.2, 0.25) is 0 Å². The van der Waals surface area contributed by atoms with Crippen LogP contribution in [0.15, 0.2) is 61.2 Å². The van der Waals surface area contributed by atoms with Gasteiger partial charge in [0.1, 0.15) is 5.60 Å². The summed E-state index contributed by atoms with van der Waals surface area (Å²) < 4.78 is 5.55. The fourth-order valence-corrected chi connectivity index (χ4v) is 2.64. The van der Waals surface area contributed by atoms with Crippen LogP contribution in [0.3, 0.4) is 0 Å². The molecule has 1 amide bonds. The van der Waals surface area contributed by atoms with Gasteiger partial charge >= 0.3 is 12.1 Å². The number of carboxylic acid groups (broad SMARTS) is 1. The van der Waals surface area contributed by atoms with Crippen LogP contribution in [0, 0.1) is 0 Å². The summed E-state index contributed by atoms with van der Waals surface area (Å²) >= 11 is 0. The van der Waals surface area contributed by atoms with E-state index in [1.54, 1.807) is 20.8 Å². The molecule has 3 rings (SSSR count). The molecular formula is C22H22N4O4. The molecule has 0 atom stereocenters. The molecule has 0 aliphatic heterocycles. The minimum absolute atomic E-state index is 0.0352. The SMILES string of the molecule is CC(C)(C)OC(=O)N(Cc1ccccc1)c1cncc(-c2cncc(C(=O)O)c2)n1. The highest BCUT2D eigenvalue weighted by Gasteiger charge is 2.25. The second-order valence-electron chi connectivity index (χ2n) is 7.58. The predicted molar refractivity (Wildman–Crippen MR) is 111 cm³/mol. The van der Waals surface area contributed by atoms with E-state index in [-0.39, 0.29) is 17.9 Å². The molecule has 8 nitrogen and oxygen atoms in total. The number of anilines is 1. The molecule has 0 saturated carbocycles. The number of aromatic carboxylic acids is 1. The molecule has 0 unspecified atom stereocenters. The number of rotatable bonds is 5. The Balaban J connectivity index is 1.99. The number of carboxylic acids is 1. The molecule has 0 bridgehead atoms. The molecule has 2 aromatic heterocycles. The number of hydrogen-bond donors (Lipinski definition) is 1. The van der Waals surface area contributed by atoms with Crippen molar-refractivity contribution in [1.29, 1.82) is 0 Å². The molecule has 0 radical (unpaired) electrons. The van der Waals surface area contributed by atoms with Crippen molar-refractivity contribution >= 4 is 17.9 Å². The van der Waals surface area contributed by atoms with Gasteiger partial charge in [-0.2, -0.15) is 0 Å². The molecule has 3 aromatic rings. The Kier molecular flexibility index (Phi) is 6.06. The van der Waals surface area contributed by atoms with E-state index in [0.29, 0.717) is 11.3 Å². The molecule has 0 aliphatic carbocycles. The summed E-state index contributed by atoms with van der Waals surface area (Å²) in [6, 6.07) is 10.9. The molecule has 8 heteroatoms. The highest BCUT2D eigenvalue weighted by Crippen LogP contribution is 2.23. The van der Waals surface area contributed by atoms with Crippen LogP contribution < -0.4 is 4.90 Å². The lowest BCUT2D eigenvalue weighted by Crippen LogP contribution is -2.37. The maximum Gasteiger partial charge on any atom is 0.416 e. The highest BCUT2D eigenvalue weighted by molar-refractivity contribution is 5.89. The quantitative estimate of drug-likeness (QED) is 0.677. The minimum atomic E-state index is -1.09. The van der Waals surface area contributed by atoms with E-state index in [2.05, 4.69) is 15.0 Å². The lowest BCUT2D eigenvalue weighted by molar-refractivity contribution is 0.0575. The van der Waals surface area contributed by atoms with E-state index in [9.17, 15) is 14.7 Å². The van der Waals surface area contributed by atoms with E-state index < -0.39 is 17.7 Å². The van der Waals surface area contributed by atoms with Gasteiger partial charge in [0.2, 0.25) is 0 Å². The summed E-state index contributed by atoms with van der Waals surface area (Å²) in [5.41, 5.74) is 1.12. The third-order valence-electron chi connectivity index (χ3n) is 3.98. The number of pyridine rings is 1. The molecule has 2 heterocycles. The van der Waals surface area contributed by atoms with Crippen molar-refractivity contribution in [2.24, 2.45) is 0 Å². The van der Waals surface area contributed by atoms with E-state index in [1.165, 1.54) is 35.8 Å². The summed E-state index contributed by atoms with van der Waals surface area (Å²) in [6.07, 6.45) is 5.14. The van der Waals surface area contributed by atoms with Crippen molar-refractivity contribution in [3.05, 3.63) is 72.3 Å². The summed E-state index contributed by atoms with van der Waals surface area (Å²) in [5.74, 6) is -0.806. The summed E-state index contributed by atoms with van der Waals surface area (Å²) in [6.45, 7) is 5.60. The van der Waals surface area contributed by atoms with Crippen molar-refractivity contribution in [3.63, 3.8) is 0 Å². The van der Waals surface area contributed by atoms with Crippen molar-refractivity contribution in [2.75, 3.05) is 4.90 Å². The van der Waals surface area contributed by atoms with E-state index in [4.69, 9.17) is 4.74 Å². The molecule has 0 aliphatic rings. The summed E-state index contributed by atoms with van der Waals surface area (Å²) in [7, 11) is 0. The number of carbonyl (C=O) groups excluding carboxylic acids is 1. The summed E-state index contributed by atoms with van der Waals surface area (Å²) in [5, 5.41) is 9.20. The molecule has 154 valence electrons. The van der Waals surface area contributed by atoms with Crippen molar-refractivity contribution < 1.29 is 19.4 Å². The zero-order valence-corrected chi connectivity index (χ0v) is 16.9. The standard InChI is InChI=1S/C22H22N4O4/c1-22(2,3)30-21(29)26(14-15-7-5-4-6-8-15)19-13-24-12-18(25-19)16-9-17(20(27)28)11-23-10-16/h4-13H,14H2,1-3H3,(H,27,28). The molecule has 0 spiro atoms. The fourth-order valence-electron chi connectivity index (χ4n) is 2.64. The Morgan fingerprint density at radius 3 is 2.40 bits per heavy atom. The zero-order valence-electron chi connectivity index (χ0n) is 16.9. The van der Waals surface area contributed by atoms with Gasteiger partial charge < -0.3 is 9.84 Å². The van der Waals surface area contributed by atoms with Crippen molar-refractivity contribution in [1.82, 2.24) is 15.0 Å². The number of aromatic nitrogens is 3. The topological polar surface area (TPSA) is 106 Å². The van der Waals surface area contributed by atoms with Crippen LogP contribution in [0.4, 0.5) is 10.6 Å². The number of amides is 1. The second-order valence-corrected chi connectivity index (χ2v) is 7.58.